The predicted molar refractivity (Wildman–Crippen MR) is 114 cm³/mol. The van der Waals surface area contributed by atoms with Crippen LogP contribution >= 0.6 is 0 Å². The van der Waals surface area contributed by atoms with Gasteiger partial charge in [-0.05, 0) is 42.8 Å². The van der Waals surface area contributed by atoms with Gasteiger partial charge >= 0.3 is 0 Å². The molecule has 0 atom stereocenters. The van der Waals surface area contributed by atoms with Crippen LogP contribution in [-0.4, -0.2) is 30.3 Å². The maximum Gasteiger partial charge on any atom is 0.283 e. The second kappa shape index (κ2) is 8.03. The minimum absolute atomic E-state index is 0.0429. The molecule has 154 valence electrons. The molecule has 1 N–H and O–H groups in total. The first-order valence-corrected chi connectivity index (χ1v) is 9.18. The standard InChI is InChI=1S/C21H16N6O4/c1-14-2-7-16(8-3-14)26-20-18(12-23-26)21(29)25(13-22-20)24-19(28)11-6-15-4-9-17(10-5-15)27(30)31/h2-13H,1H3,(H,24,28)/b11-6+. The molecule has 0 saturated carbocycles. The maximum absolute atomic E-state index is 12.7. The highest BCUT2D eigenvalue weighted by molar-refractivity contribution is 5.97. The Kier molecular flexibility index (Phi) is 5.10. The largest absolute Gasteiger partial charge is 0.283 e. The molecule has 0 fully saturated rings. The molecule has 0 unspecified atom stereocenters. The summed E-state index contributed by atoms with van der Waals surface area (Å²) in [5, 5.41) is 15.2. The van der Waals surface area contributed by atoms with Gasteiger partial charge in [0.15, 0.2) is 5.65 Å². The van der Waals surface area contributed by atoms with Crippen LogP contribution in [0, 0.1) is 17.0 Å². The van der Waals surface area contributed by atoms with Gasteiger partial charge in [0.1, 0.15) is 11.7 Å². The molecule has 0 aliphatic heterocycles. The number of fused-ring (bicyclic) bond motifs is 1. The van der Waals surface area contributed by atoms with E-state index in [-0.39, 0.29) is 11.1 Å². The molecule has 0 saturated heterocycles. The predicted octanol–water partition coefficient (Wildman–Crippen LogP) is 2.58. The molecule has 31 heavy (non-hydrogen) atoms. The number of nitrogens with one attached hydrogen (secondary N) is 1. The van der Waals surface area contributed by atoms with E-state index < -0.39 is 16.4 Å². The van der Waals surface area contributed by atoms with Crippen LogP contribution in [0.15, 0.2) is 71.9 Å². The molecule has 1 amide bonds. The number of hydrogen-bond donors (Lipinski definition) is 1. The van der Waals surface area contributed by atoms with Gasteiger partial charge in [-0.1, -0.05) is 17.7 Å². The van der Waals surface area contributed by atoms with Gasteiger partial charge in [0.2, 0.25) is 0 Å². The number of carbonyl (C=O) groups is 1. The lowest BCUT2D eigenvalue weighted by Crippen LogP contribution is -2.32. The van der Waals surface area contributed by atoms with E-state index in [2.05, 4.69) is 15.5 Å². The first-order chi connectivity index (χ1) is 14.9. The molecule has 10 heteroatoms. The third kappa shape index (κ3) is 4.08. The van der Waals surface area contributed by atoms with E-state index in [1.165, 1.54) is 48.9 Å². The van der Waals surface area contributed by atoms with Crippen LogP contribution in [-0.2, 0) is 4.79 Å². The molecule has 10 nitrogen and oxygen atoms in total. The number of nitro benzene ring substituents is 1. The first-order valence-electron chi connectivity index (χ1n) is 9.18. The SMILES string of the molecule is Cc1ccc(-n2ncc3c(=O)n(NC(=O)/C=C/c4ccc([N+](=O)[O-])cc4)cnc32)cc1. The van der Waals surface area contributed by atoms with Crippen molar-refractivity contribution in [3.8, 4) is 5.69 Å². The Morgan fingerprint density at radius 2 is 1.84 bits per heavy atom. The van der Waals surface area contributed by atoms with Crippen molar-refractivity contribution in [3.05, 3.63) is 98.7 Å². The summed E-state index contributed by atoms with van der Waals surface area (Å²) in [4.78, 5) is 39.3. The van der Waals surface area contributed by atoms with Gasteiger partial charge in [0.25, 0.3) is 17.2 Å². The van der Waals surface area contributed by atoms with Crippen molar-refractivity contribution in [2.45, 2.75) is 6.92 Å². The number of amides is 1. The summed E-state index contributed by atoms with van der Waals surface area (Å²) in [5.74, 6) is -0.562. The van der Waals surface area contributed by atoms with Gasteiger partial charge in [0.05, 0.1) is 16.8 Å². The highest BCUT2D eigenvalue weighted by Gasteiger charge is 2.12. The third-order valence-corrected chi connectivity index (χ3v) is 4.53. The quantitative estimate of drug-likeness (QED) is 0.303. The second-order valence-electron chi connectivity index (χ2n) is 6.71. The van der Waals surface area contributed by atoms with Crippen molar-refractivity contribution in [1.29, 1.82) is 0 Å². The van der Waals surface area contributed by atoms with E-state index >= 15 is 0 Å². The fourth-order valence-electron chi connectivity index (χ4n) is 2.90. The summed E-state index contributed by atoms with van der Waals surface area (Å²) in [7, 11) is 0. The Hall–Kier alpha value is -4.60. The monoisotopic (exact) mass is 416 g/mol. The summed E-state index contributed by atoms with van der Waals surface area (Å²) < 4.78 is 2.53. The van der Waals surface area contributed by atoms with Crippen molar-refractivity contribution < 1.29 is 9.72 Å². The average molecular weight is 416 g/mol. The van der Waals surface area contributed by atoms with Crippen molar-refractivity contribution in [2.24, 2.45) is 0 Å². The zero-order valence-corrected chi connectivity index (χ0v) is 16.3. The number of aromatic nitrogens is 4. The van der Waals surface area contributed by atoms with E-state index in [0.29, 0.717) is 11.2 Å². The summed E-state index contributed by atoms with van der Waals surface area (Å²) in [6.45, 7) is 1.97. The van der Waals surface area contributed by atoms with Crippen molar-refractivity contribution in [1.82, 2.24) is 19.4 Å². The third-order valence-electron chi connectivity index (χ3n) is 4.53. The van der Waals surface area contributed by atoms with Gasteiger partial charge < -0.3 is 0 Å². The minimum Gasteiger partial charge on any atom is -0.268 e. The molecule has 0 aliphatic carbocycles. The fourth-order valence-corrected chi connectivity index (χ4v) is 2.90. The Balaban J connectivity index is 1.54. The second-order valence-corrected chi connectivity index (χ2v) is 6.71. The topological polar surface area (TPSA) is 125 Å². The van der Waals surface area contributed by atoms with E-state index in [4.69, 9.17) is 0 Å². The molecule has 0 aliphatic rings. The molecular formula is C21H16N6O4. The molecule has 4 aromatic rings. The summed E-state index contributed by atoms with van der Waals surface area (Å²) >= 11 is 0. The number of hydrogen-bond acceptors (Lipinski definition) is 6. The molecule has 2 aromatic heterocycles. The van der Waals surface area contributed by atoms with Crippen LogP contribution in [0.5, 0.6) is 0 Å². The lowest BCUT2D eigenvalue weighted by Gasteiger charge is -2.06. The maximum atomic E-state index is 12.7. The molecule has 0 spiro atoms. The number of benzene rings is 2. The molecular weight excluding hydrogens is 400 g/mol. The average Bonchev–Trinajstić information content (AvgIpc) is 3.20. The van der Waals surface area contributed by atoms with Crippen LogP contribution in [0.2, 0.25) is 0 Å². The summed E-state index contributed by atoms with van der Waals surface area (Å²) in [6, 6.07) is 13.3. The van der Waals surface area contributed by atoms with Crippen molar-refractivity contribution >= 4 is 28.7 Å². The van der Waals surface area contributed by atoms with Gasteiger partial charge in [-0.3, -0.25) is 25.1 Å². The molecule has 2 heterocycles. The molecule has 0 radical (unpaired) electrons. The van der Waals surface area contributed by atoms with Crippen LogP contribution in [0.4, 0.5) is 5.69 Å². The van der Waals surface area contributed by atoms with Crippen LogP contribution in [0.3, 0.4) is 0 Å². The molecule has 2 aromatic carbocycles. The van der Waals surface area contributed by atoms with E-state index in [0.717, 1.165) is 15.9 Å². The number of carbonyl (C=O) groups excluding carboxylic acids is 1. The zero-order chi connectivity index (χ0) is 22.0. The van der Waals surface area contributed by atoms with Gasteiger partial charge in [-0.25, -0.2) is 14.3 Å². The van der Waals surface area contributed by atoms with Crippen molar-refractivity contribution in [2.75, 3.05) is 5.43 Å². The Morgan fingerprint density at radius 3 is 2.52 bits per heavy atom. The summed E-state index contributed by atoms with van der Waals surface area (Å²) in [5.41, 5.74) is 4.75. The van der Waals surface area contributed by atoms with Crippen LogP contribution in [0.25, 0.3) is 22.8 Å². The number of non-ortho nitro benzene ring substituents is 1. The number of aryl methyl sites for hydroxylation is 1. The zero-order valence-electron chi connectivity index (χ0n) is 16.3. The Labute approximate surface area is 175 Å². The van der Waals surface area contributed by atoms with Crippen molar-refractivity contribution in [3.63, 3.8) is 0 Å². The lowest BCUT2D eigenvalue weighted by molar-refractivity contribution is -0.384. The first kappa shape index (κ1) is 19.7. The van der Waals surface area contributed by atoms with E-state index in [1.54, 1.807) is 4.68 Å². The Morgan fingerprint density at radius 1 is 1.13 bits per heavy atom. The van der Waals surface area contributed by atoms with Gasteiger partial charge in [-0.2, -0.15) is 5.10 Å². The minimum atomic E-state index is -0.562. The van der Waals surface area contributed by atoms with Gasteiger partial charge in [0, 0.05) is 18.2 Å². The van der Waals surface area contributed by atoms with Gasteiger partial charge in [-0.15, -0.1) is 0 Å². The normalized spacial score (nSPS) is 11.1. The highest BCUT2D eigenvalue weighted by atomic mass is 16.6. The number of rotatable bonds is 5. The Bertz CT molecular complexity index is 1370. The smallest absolute Gasteiger partial charge is 0.268 e. The fraction of sp³-hybridized carbons (Fsp3) is 0.0476. The molecule has 0 bridgehead atoms. The highest BCUT2D eigenvalue weighted by Crippen LogP contribution is 2.14. The van der Waals surface area contributed by atoms with Crippen LogP contribution < -0.4 is 11.0 Å². The van der Waals surface area contributed by atoms with Crippen LogP contribution in [0.1, 0.15) is 11.1 Å². The van der Waals surface area contributed by atoms with E-state index in [1.807, 2.05) is 31.2 Å². The number of nitrogens with zero attached hydrogens (tertiary/aromatic N) is 5. The molecule has 4 rings (SSSR count). The number of nitro groups is 1. The van der Waals surface area contributed by atoms with E-state index in [9.17, 15) is 19.7 Å². The summed E-state index contributed by atoms with van der Waals surface area (Å²) in [6.07, 6.45) is 5.31. The lowest BCUT2D eigenvalue weighted by atomic mass is 10.2.